The topological polar surface area (TPSA) is 78.9 Å². The lowest BCUT2D eigenvalue weighted by Gasteiger charge is -2.29. The van der Waals surface area contributed by atoms with E-state index in [0.29, 0.717) is 0 Å². The van der Waals surface area contributed by atoms with Crippen molar-refractivity contribution in [2.75, 3.05) is 24.7 Å². The summed E-state index contributed by atoms with van der Waals surface area (Å²) in [5.41, 5.74) is -1.34. The van der Waals surface area contributed by atoms with Gasteiger partial charge in [0.25, 0.3) is 0 Å². The van der Waals surface area contributed by atoms with Crippen LogP contribution in [0.5, 0.6) is 0 Å². The Kier molecular flexibility index (Phi) is 4.42. The summed E-state index contributed by atoms with van der Waals surface area (Å²) >= 11 is 0. The molecule has 2 N–H and O–H groups in total. The summed E-state index contributed by atoms with van der Waals surface area (Å²) < 4.78 is 18.9. The molecule has 0 bridgehead atoms. The van der Waals surface area contributed by atoms with E-state index in [-0.39, 0.29) is 31.9 Å². The fourth-order valence-electron chi connectivity index (χ4n) is 2.25. The zero-order valence-corrected chi connectivity index (χ0v) is 11.6. The van der Waals surface area contributed by atoms with Crippen LogP contribution in [-0.4, -0.2) is 42.4 Å². The van der Waals surface area contributed by atoms with E-state index in [1.54, 1.807) is 13.0 Å². The number of para-hydroxylation sites is 1. The number of rotatable bonds is 4. The van der Waals surface area contributed by atoms with E-state index < -0.39 is 23.4 Å². The van der Waals surface area contributed by atoms with Gasteiger partial charge in [-0.3, -0.25) is 4.90 Å². The number of carbonyl (C=O) groups is 2. The predicted molar refractivity (Wildman–Crippen MR) is 73.8 cm³/mol. The zero-order valence-electron chi connectivity index (χ0n) is 11.6. The van der Waals surface area contributed by atoms with Crippen LogP contribution in [0.1, 0.15) is 13.3 Å². The van der Waals surface area contributed by atoms with E-state index in [2.05, 4.69) is 5.32 Å². The molecular weight excluding hydrogens is 279 g/mol. The van der Waals surface area contributed by atoms with Crippen LogP contribution in [0.25, 0.3) is 0 Å². The molecule has 0 aliphatic carbocycles. The molecule has 0 spiro atoms. The van der Waals surface area contributed by atoms with Crippen LogP contribution in [-0.2, 0) is 9.53 Å². The molecule has 0 aromatic heterocycles. The molecule has 1 atom stereocenters. The average molecular weight is 296 g/mol. The number of halogens is 1. The van der Waals surface area contributed by atoms with Crippen molar-refractivity contribution >= 4 is 17.7 Å². The summed E-state index contributed by atoms with van der Waals surface area (Å²) in [4.78, 5) is 24.9. The van der Waals surface area contributed by atoms with Crippen LogP contribution >= 0.6 is 0 Å². The number of ether oxygens (including phenoxy) is 1. The largest absolute Gasteiger partial charge is 0.479 e. The first-order valence-electron chi connectivity index (χ1n) is 6.65. The molecule has 1 aromatic rings. The van der Waals surface area contributed by atoms with E-state index in [4.69, 9.17) is 4.74 Å². The number of urea groups is 1. The Morgan fingerprint density at radius 1 is 1.48 bits per heavy atom. The Morgan fingerprint density at radius 2 is 2.19 bits per heavy atom. The summed E-state index contributed by atoms with van der Waals surface area (Å²) in [5, 5.41) is 11.8. The van der Waals surface area contributed by atoms with Crippen LogP contribution in [0.2, 0.25) is 0 Å². The molecule has 2 amide bonds. The Morgan fingerprint density at radius 3 is 2.71 bits per heavy atom. The second-order valence-corrected chi connectivity index (χ2v) is 4.82. The fourth-order valence-corrected chi connectivity index (χ4v) is 2.25. The second-order valence-electron chi connectivity index (χ2n) is 4.82. The smallest absolute Gasteiger partial charge is 0.332 e. The lowest BCUT2D eigenvalue weighted by molar-refractivity contribution is -0.144. The summed E-state index contributed by atoms with van der Waals surface area (Å²) in [6.07, 6.45) is 0.183. The number of anilines is 1. The summed E-state index contributed by atoms with van der Waals surface area (Å²) in [6.45, 7) is 2.06. The lowest BCUT2D eigenvalue weighted by atomic mass is 9.99. The van der Waals surface area contributed by atoms with Gasteiger partial charge in [-0.25, -0.2) is 14.0 Å². The monoisotopic (exact) mass is 296 g/mol. The highest BCUT2D eigenvalue weighted by atomic mass is 19.1. The molecule has 1 saturated heterocycles. The Hall–Kier alpha value is -2.15. The maximum absolute atomic E-state index is 13.8. The highest BCUT2D eigenvalue weighted by Crippen LogP contribution is 2.22. The minimum Gasteiger partial charge on any atom is -0.479 e. The third-order valence-electron chi connectivity index (χ3n) is 3.48. The van der Waals surface area contributed by atoms with Crippen LogP contribution in [0.4, 0.5) is 14.9 Å². The van der Waals surface area contributed by atoms with E-state index in [1.807, 2.05) is 0 Å². The first-order chi connectivity index (χ1) is 10.00. The van der Waals surface area contributed by atoms with Crippen LogP contribution in [0.15, 0.2) is 24.3 Å². The molecule has 6 nitrogen and oxygen atoms in total. The molecule has 1 unspecified atom stereocenters. The van der Waals surface area contributed by atoms with Crippen molar-refractivity contribution in [3.8, 4) is 0 Å². The van der Waals surface area contributed by atoms with Gasteiger partial charge in [-0.15, -0.1) is 0 Å². The molecule has 1 heterocycles. The number of hydrogen-bond donors (Lipinski definition) is 2. The number of hydrogen-bond acceptors (Lipinski definition) is 3. The number of aliphatic carboxylic acids is 1. The van der Waals surface area contributed by atoms with Gasteiger partial charge in [0.15, 0.2) is 5.54 Å². The average Bonchev–Trinajstić information content (AvgIpc) is 2.91. The van der Waals surface area contributed by atoms with E-state index in [0.717, 1.165) is 0 Å². The molecular formula is C14H17FN2O4. The standard InChI is InChI=1S/C14H17FN2O4/c1-2-17(11-6-4-3-5-10(11)15)13(20)16-14(12(18)19)7-8-21-9-14/h3-6H,2,7-9H2,1H3,(H,16,20)(H,18,19). The summed E-state index contributed by atoms with van der Waals surface area (Å²) in [5.74, 6) is -1.69. The maximum atomic E-state index is 13.8. The quantitative estimate of drug-likeness (QED) is 0.884. The zero-order chi connectivity index (χ0) is 15.5. The van der Waals surface area contributed by atoms with Gasteiger partial charge in [0.1, 0.15) is 5.82 Å². The van der Waals surface area contributed by atoms with Gasteiger partial charge < -0.3 is 15.2 Å². The number of benzene rings is 1. The number of carbonyl (C=O) groups excluding carboxylic acids is 1. The highest BCUT2D eigenvalue weighted by molar-refractivity contribution is 5.96. The number of carboxylic acids is 1. The van der Waals surface area contributed by atoms with Crippen LogP contribution < -0.4 is 10.2 Å². The number of nitrogens with zero attached hydrogens (tertiary/aromatic N) is 1. The Balaban J connectivity index is 2.21. The number of amides is 2. The maximum Gasteiger partial charge on any atom is 0.332 e. The molecule has 114 valence electrons. The summed E-state index contributed by atoms with van der Waals surface area (Å²) in [7, 11) is 0. The molecule has 0 radical (unpaired) electrons. The van der Waals surface area contributed by atoms with E-state index >= 15 is 0 Å². The highest BCUT2D eigenvalue weighted by Gasteiger charge is 2.44. The van der Waals surface area contributed by atoms with Gasteiger partial charge in [-0.1, -0.05) is 12.1 Å². The van der Waals surface area contributed by atoms with Crippen molar-refractivity contribution in [2.45, 2.75) is 18.9 Å². The van der Waals surface area contributed by atoms with Gasteiger partial charge in [0.05, 0.1) is 12.3 Å². The third kappa shape index (κ3) is 2.97. The number of carboxylic acid groups (broad SMARTS) is 1. The van der Waals surface area contributed by atoms with Crippen molar-refractivity contribution in [3.05, 3.63) is 30.1 Å². The normalized spacial score (nSPS) is 21.0. The first-order valence-corrected chi connectivity index (χ1v) is 6.65. The van der Waals surface area contributed by atoms with Crippen molar-refractivity contribution in [1.29, 1.82) is 0 Å². The molecule has 1 aromatic carbocycles. The van der Waals surface area contributed by atoms with Crippen molar-refractivity contribution in [1.82, 2.24) is 5.32 Å². The van der Waals surface area contributed by atoms with Gasteiger partial charge in [0.2, 0.25) is 0 Å². The SMILES string of the molecule is CCN(C(=O)NC1(C(=O)O)CCOC1)c1ccccc1F. The van der Waals surface area contributed by atoms with Crippen molar-refractivity contribution in [3.63, 3.8) is 0 Å². The Labute approximate surface area is 121 Å². The molecule has 0 saturated carbocycles. The Bertz CT molecular complexity index is 544. The van der Waals surface area contributed by atoms with Gasteiger partial charge >= 0.3 is 12.0 Å². The van der Waals surface area contributed by atoms with E-state index in [9.17, 15) is 19.1 Å². The molecule has 7 heteroatoms. The van der Waals surface area contributed by atoms with E-state index in [1.165, 1.54) is 23.1 Å². The van der Waals surface area contributed by atoms with Crippen LogP contribution in [0, 0.1) is 5.82 Å². The fraction of sp³-hybridized carbons (Fsp3) is 0.429. The van der Waals surface area contributed by atoms with Gasteiger partial charge in [-0.2, -0.15) is 0 Å². The molecule has 1 aliphatic heterocycles. The second kappa shape index (κ2) is 6.09. The summed E-state index contributed by atoms with van der Waals surface area (Å²) in [6, 6.07) is 5.19. The molecule has 21 heavy (non-hydrogen) atoms. The third-order valence-corrected chi connectivity index (χ3v) is 3.48. The minimum absolute atomic E-state index is 0.0943. The van der Waals surface area contributed by atoms with Crippen LogP contribution in [0.3, 0.4) is 0 Å². The first kappa shape index (κ1) is 15.2. The molecule has 2 rings (SSSR count). The number of nitrogens with one attached hydrogen (secondary N) is 1. The minimum atomic E-state index is -1.45. The molecule has 1 fully saturated rings. The van der Waals surface area contributed by atoms with Gasteiger partial charge in [-0.05, 0) is 19.1 Å². The van der Waals surface area contributed by atoms with Crippen molar-refractivity contribution < 1.29 is 23.8 Å². The predicted octanol–water partition coefficient (Wildman–Crippen LogP) is 1.61. The lowest BCUT2D eigenvalue weighted by Crippen LogP contribution is -2.58. The van der Waals surface area contributed by atoms with Crippen molar-refractivity contribution in [2.24, 2.45) is 0 Å². The molecule has 1 aliphatic rings. The van der Waals surface area contributed by atoms with Gasteiger partial charge in [0, 0.05) is 19.6 Å².